The molecular weight excluding hydrogens is 381 g/mol. The maximum atomic E-state index is 13.6. The van der Waals surface area contributed by atoms with Crippen molar-refractivity contribution in [3.05, 3.63) is 64.6 Å². The molecule has 1 amide bonds. The fraction of sp³-hybridized carbons (Fsp3) is 0.375. The van der Waals surface area contributed by atoms with Crippen molar-refractivity contribution >= 4 is 16.8 Å². The molecule has 0 fully saturated rings. The first kappa shape index (κ1) is 19.1. The summed E-state index contributed by atoms with van der Waals surface area (Å²) in [6, 6.07) is 9.00. The summed E-state index contributed by atoms with van der Waals surface area (Å²) in [5, 5.41) is 3.90. The van der Waals surface area contributed by atoms with Crippen LogP contribution in [-0.4, -0.2) is 41.5 Å². The third-order valence-electron chi connectivity index (χ3n) is 6.47. The molecule has 0 aliphatic carbocycles. The molecular formula is C24H26FN3O2. The molecule has 0 radical (unpaired) electrons. The molecule has 2 aromatic carbocycles. The molecule has 6 heteroatoms. The number of nitrogens with zero attached hydrogens (tertiary/aromatic N) is 1. The van der Waals surface area contributed by atoms with Crippen LogP contribution in [0.4, 0.5) is 4.39 Å². The Hall–Kier alpha value is -2.86. The second-order valence-corrected chi connectivity index (χ2v) is 8.16. The van der Waals surface area contributed by atoms with Crippen LogP contribution in [0.5, 0.6) is 5.75 Å². The minimum absolute atomic E-state index is 0.0115. The summed E-state index contributed by atoms with van der Waals surface area (Å²) in [5.74, 6) is 0.730. The largest absolute Gasteiger partial charge is 0.492 e. The van der Waals surface area contributed by atoms with Crippen molar-refractivity contribution in [3.63, 3.8) is 0 Å². The number of aryl methyl sites for hydroxylation is 1. The van der Waals surface area contributed by atoms with Gasteiger partial charge in [0.15, 0.2) is 0 Å². The molecule has 0 spiro atoms. The average molecular weight is 407 g/mol. The van der Waals surface area contributed by atoms with Crippen LogP contribution >= 0.6 is 0 Å². The van der Waals surface area contributed by atoms with Crippen molar-refractivity contribution in [3.8, 4) is 5.75 Å². The molecule has 156 valence electrons. The van der Waals surface area contributed by atoms with Crippen LogP contribution in [0.25, 0.3) is 10.9 Å². The van der Waals surface area contributed by atoms with E-state index in [0.29, 0.717) is 19.2 Å². The van der Waals surface area contributed by atoms with Crippen molar-refractivity contribution < 1.29 is 13.9 Å². The van der Waals surface area contributed by atoms with E-state index in [9.17, 15) is 9.18 Å². The van der Waals surface area contributed by atoms with E-state index in [1.165, 1.54) is 11.6 Å². The van der Waals surface area contributed by atoms with Crippen LogP contribution < -0.4 is 10.1 Å². The number of nitrogens with one attached hydrogen (secondary N) is 2. The van der Waals surface area contributed by atoms with Crippen LogP contribution in [-0.2, 0) is 19.4 Å². The van der Waals surface area contributed by atoms with Crippen LogP contribution in [0, 0.1) is 5.82 Å². The SMILES string of the molecule is CCN(CCCc1c[nH]c2ccc(F)cc12)C1COc2ccc3c(c2C1)CNC3=O. The van der Waals surface area contributed by atoms with Gasteiger partial charge in [-0.25, -0.2) is 4.39 Å². The number of likely N-dealkylation sites (N-methyl/N-ethyl adjacent to an activating group) is 1. The van der Waals surface area contributed by atoms with Gasteiger partial charge in [0.25, 0.3) is 5.91 Å². The van der Waals surface area contributed by atoms with E-state index in [-0.39, 0.29) is 11.7 Å². The van der Waals surface area contributed by atoms with E-state index in [0.717, 1.165) is 65.7 Å². The van der Waals surface area contributed by atoms with Gasteiger partial charge in [-0.05, 0) is 73.8 Å². The first-order valence-electron chi connectivity index (χ1n) is 10.7. The van der Waals surface area contributed by atoms with Gasteiger partial charge in [0.1, 0.15) is 18.2 Å². The van der Waals surface area contributed by atoms with Gasteiger partial charge >= 0.3 is 0 Å². The van der Waals surface area contributed by atoms with Gasteiger partial charge in [-0.2, -0.15) is 0 Å². The summed E-state index contributed by atoms with van der Waals surface area (Å²) in [6.45, 7) is 5.33. The number of aromatic amines is 1. The molecule has 0 bridgehead atoms. The lowest BCUT2D eigenvalue weighted by Gasteiger charge is -2.35. The number of rotatable bonds is 6. The van der Waals surface area contributed by atoms with E-state index in [4.69, 9.17) is 4.74 Å². The van der Waals surface area contributed by atoms with Crippen molar-refractivity contribution in [2.45, 2.75) is 38.8 Å². The fourth-order valence-electron chi connectivity index (χ4n) is 4.85. The number of benzene rings is 2. The van der Waals surface area contributed by atoms with Gasteiger partial charge in [-0.1, -0.05) is 6.92 Å². The number of ether oxygens (including phenoxy) is 1. The minimum atomic E-state index is -0.197. The van der Waals surface area contributed by atoms with Gasteiger partial charge < -0.3 is 15.0 Å². The number of fused-ring (bicyclic) bond motifs is 4. The zero-order valence-corrected chi connectivity index (χ0v) is 17.1. The number of H-pyrrole nitrogens is 1. The van der Waals surface area contributed by atoms with Gasteiger partial charge in [-0.15, -0.1) is 0 Å². The maximum absolute atomic E-state index is 13.6. The summed E-state index contributed by atoms with van der Waals surface area (Å²) < 4.78 is 19.7. The predicted molar refractivity (Wildman–Crippen MR) is 114 cm³/mol. The summed E-state index contributed by atoms with van der Waals surface area (Å²) in [6.07, 6.45) is 4.79. The highest BCUT2D eigenvalue weighted by atomic mass is 19.1. The van der Waals surface area contributed by atoms with Gasteiger partial charge in [-0.3, -0.25) is 9.69 Å². The maximum Gasteiger partial charge on any atom is 0.251 e. The lowest BCUT2D eigenvalue weighted by atomic mass is 9.94. The number of carbonyl (C=O) groups is 1. The number of hydrogen-bond acceptors (Lipinski definition) is 3. The van der Waals surface area contributed by atoms with Crippen LogP contribution in [0.1, 0.15) is 40.4 Å². The number of carbonyl (C=O) groups excluding carboxylic acids is 1. The molecule has 1 unspecified atom stereocenters. The Bertz CT molecular complexity index is 1110. The summed E-state index contributed by atoms with van der Waals surface area (Å²) in [7, 11) is 0. The van der Waals surface area contributed by atoms with Crippen molar-refractivity contribution in [1.82, 2.24) is 15.2 Å². The molecule has 2 aliphatic heterocycles. The summed E-state index contributed by atoms with van der Waals surface area (Å²) in [5.41, 5.74) is 5.19. The molecule has 1 atom stereocenters. The van der Waals surface area contributed by atoms with Gasteiger partial charge in [0, 0.05) is 40.8 Å². The Kier molecular flexibility index (Phi) is 4.95. The molecule has 30 heavy (non-hydrogen) atoms. The monoisotopic (exact) mass is 407 g/mol. The van der Waals surface area contributed by atoms with Crippen molar-refractivity contribution in [2.75, 3.05) is 19.7 Å². The standard InChI is InChI=1S/C24H26FN3O2/c1-2-28(9-3-4-15-12-26-22-7-5-16(25)10-19(15)22)17-11-20-21-13-27-24(29)18(21)6-8-23(20)30-14-17/h5-8,10,12,17,26H,2-4,9,11,13-14H2,1H3,(H,27,29). The molecule has 5 nitrogen and oxygen atoms in total. The number of amides is 1. The Morgan fingerprint density at radius 3 is 3.00 bits per heavy atom. The molecule has 3 aromatic rings. The molecule has 1 aromatic heterocycles. The topological polar surface area (TPSA) is 57.4 Å². The highest BCUT2D eigenvalue weighted by Gasteiger charge is 2.30. The van der Waals surface area contributed by atoms with E-state index in [1.807, 2.05) is 18.3 Å². The molecule has 0 saturated heterocycles. The second kappa shape index (κ2) is 7.76. The third-order valence-corrected chi connectivity index (χ3v) is 6.47. The molecule has 2 aliphatic rings. The smallest absolute Gasteiger partial charge is 0.251 e. The normalized spacial score (nSPS) is 17.7. The zero-order chi connectivity index (χ0) is 20.7. The Morgan fingerprint density at radius 2 is 2.13 bits per heavy atom. The first-order valence-corrected chi connectivity index (χ1v) is 10.7. The van der Waals surface area contributed by atoms with E-state index < -0.39 is 0 Å². The highest BCUT2D eigenvalue weighted by Crippen LogP contribution is 2.33. The van der Waals surface area contributed by atoms with E-state index >= 15 is 0 Å². The zero-order valence-electron chi connectivity index (χ0n) is 17.1. The number of aromatic nitrogens is 1. The number of halogens is 1. The Balaban J connectivity index is 1.26. The molecule has 0 saturated carbocycles. The Labute approximate surface area is 175 Å². The van der Waals surface area contributed by atoms with E-state index in [2.05, 4.69) is 22.1 Å². The second-order valence-electron chi connectivity index (χ2n) is 8.16. The summed E-state index contributed by atoms with van der Waals surface area (Å²) >= 11 is 0. The Morgan fingerprint density at radius 1 is 1.23 bits per heavy atom. The van der Waals surface area contributed by atoms with Gasteiger partial charge in [0.2, 0.25) is 0 Å². The lowest BCUT2D eigenvalue weighted by molar-refractivity contribution is 0.0965. The van der Waals surface area contributed by atoms with Crippen LogP contribution in [0.2, 0.25) is 0 Å². The van der Waals surface area contributed by atoms with Crippen molar-refractivity contribution in [2.24, 2.45) is 0 Å². The molecule has 2 N–H and O–H groups in total. The van der Waals surface area contributed by atoms with Gasteiger partial charge in [0.05, 0.1) is 0 Å². The quantitative estimate of drug-likeness (QED) is 0.653. The van der Waals surface area contributed by atoms with Crippen molar-refractivity contribution in [1.29, 1.82) is 0 Å². The first-order chi connectivity index (χ1) is 14.6. The highest BCUT2D eigenvalue weighted by molar-refractivity contribution is 5.99. The van der Waals surface area contributed by atoms with E-state index in [1.54, 1.807) is 12.1 Å². The fourth-order valence-corrected chi connectivity index (χ4v) is 4.85. The minimum Gasteiger partial charge on any atom is -0.492 e. The number of hydrogen-bond donors (Lipinski definition) is 2. The lowest BCUT2D eigenvalue weighted by Crippen LogP contribution is -2.44. The summed E-state index contributed by atoms with van der Waals surface area (Å²) in [4.78, 5) is 17.7. The molecule has 3 heterocycles. The predicted octanol–water partition coefficient (Wildman–Crippen LogP) is 3.81. The average Bonchev–Trinajstić information content (AvgIpc) is 3.34. The van der Waals surface area contributed by atoms with Crippen LogP contribution in [0.3, 0.4) is 0 Å². The third kappa shape index (κ3) is 3.35. The van der Waals surface area contributed by atoms with Crippen LogP contribution in [0.15, 0.2) is 36.5 Å². The molecule has 5 rings (SSSR count).